The molecular weight excluding hydrogens is 348 g/mol. The van der Waals surface area contributed by atoms with E-state index in [1.165, 1.54) is 23.4 Å². The van der Waals surface area contributed by atoms with Crippen molar-refractivity contribution in [1.82, 2.24) is 15.2 Å². The third-order valence-corrected chi connectivity index (χ3v) is 6.05. The van der Waals surface area contributed by atoms with E-state index < -0.39 is 0 Å². The van der Waals surface area contributed by atoms with Crippen LogP contribution in [0.2, 0.25) is 0 Å². The molecule has 28 heavy (non-hydrogen) atoms. The molecule has 5 heteroatoms. The lowest BCUT2D eigenvalue weighted by atomic mass is 10.0. The summed E-state index contributed by atoms with van der Waals surface area (Å²) < 4.78 is 5.24. The summed E-state index contributed by atoms with van der Waals surface area (Å²) in [5, 5.41) is 3.46. The average Bonchev–Trinajstić information content (AvgIpc) is 3.28. The van der Waals surface area contributed by atoms with Crippen LogP contribution in [0.3, 0.4) is 0 Å². The molecule has 2 aliphatic rings. The van der Waals surface area contributed by atoms with E-state index in [1.54, 1.807) is 7.11 Å². The molecule has 5 nitrogen and oxygen atoms in total. The molecule has 4 rings (SSSR count). The third kappa shape index (κ3) is 4.65. The molecule has 1 aromatic carbocycles. The van der Waals surface area contributed by atoms with Gasteiger partial charge in [-0.2, -0.15) is 0 Å². The second kappa shape index (κ2) is 8.93. The molecule has 2 saturated heterocycles. The van der Waals surface area contributed by atoms with Gasteiger partial charge in [0.25, 0.3) is 0 Å². The van der Waals surface area contributed by atoms with Crippen LogP contribution < -0.4 is 15.0 Å². The molecule has 0 amide bonds. The SMILES string of the molecule is COc1ccc(CCN2CCN(c3cc(C)nc([C@H]4CCNC4)c3)CC2)cc1. The predicted octanol–water partition coefficient (Wildman–Crippen LogP) is 2.84. The van der Waals surface area contributed by atoms with Gasteiger partial charge in [-0.25, -0.2) is 0 Å². The van der Waals surface area contributed by atoms with Crippen molar-refractivity contribution in [1.29, 1.82) is 0 Å². The van der Waals surface area contributed by atoms with E-state index in [-0.39, 0.29) is 0 Å². The Bertz CT molecular complexity index is 763. The van der Waals surface area contributed by atoms with Gasteiger partial charge in [0, 0.05) is 62.3 Å². The van der Waals surface area contributed by atoms with Crippen molar-refractivity contribution < 1.29 is 4.74 Å². The number of rotatable bonds is 6. The summed E-state index contributed by atoms with van der Waals surface area (Å²) in [5.74, 6) is 1.50. The zero-order chi connectivity index (χ0) is 19.3. The van der Waals surface area contributed by atoms with Gasteiger partial charge in [0.1, 0.15) is 5.75 Å². The second-order valence-corrected chi connectivity index (χ2v) is 8.01. The molecule has 0 bridgehead atoms. The average molecular weight is 381 g/mol. The number of aryl methyl sites for hydroxylation is 1. The van der Waals surface area contributed by atoms with Crippen LogP contribution in [-0.4, -0.2) is 62.8 Å². The highest BCUT2D eigenvalue weighted by molar-refractivity contribution is 5.49. The molecule has 1 aromatic heterocycles. The zero-order valence-corrected chi connectivity index (χ0v) is 17.2. The zero-order valence-electron chi connectivity index (χ0n) is 17.2. The van der Waals surface area contributed by atoms with Gasteiger partial charge in [-0.3, -0.25) is 9.88 Å². The van der Waals surface area contributed by atoms with Crippen LogP contribution in [-0.2, 0) is 6.42 Å². The summed E-state index contributed by atoms with van der Waals surface area (Å²) in [6.07, 6.45) is 2.30. The number of ether oxygens (including phenoxy) is 1. The van der Waals surface area contributed by atoms with Crippen LogP contribution in [0, 0.1) is 6.92 Å². The Kier molecular flexibility index (Phi) is 6.13. The molecule has 0 unspecified atom stereocenters. The van der Waals surface area contributed by atoms with Crippen molar-refractivity contribution in [2.24, 2.45) is 0 Å². The first-order valence-corrected chi connectivity index (χ1v) is 10.5. The summed E-state index contributed by atoms with van der Waals surface area (Å²) >= 11 is 0. The summed E-state index contributed by atoms with van der Waals surface area (Å²) in [5.41, 5.74) is 5.13. The Morgan fingerprint density at radius 2 is 1.89 bits per heavy atom. The molecule has 2 fully saturated rings. The normalized spacial score (nSPS) is 20.5. The molecule has 0 spiro atoms. The molecule has 0 radical (unpaired) electrons. The largest absolute Gasteiger partial charge is 0.497 e. The highest BCUT2D eigenvalue weighted by Gasteiger charge is 2.21. The smallest absolute Gasteiger partial charge is 0.118 e. The first-order valence-electron chi connectivity index (χ1n) is 10.5. The van der Waals surface area contributed by atoms with Gasteiger partial charge in [0.15, 0.2) is 0 Å². The minimum atomic E-state index is 0.574. The van der Waals surface area contributed by atoms with E-state index in [1.807, 2.05) is 0 Å². The van der Waals surface area contributed by atoms with Crippen molar-refractivity contribution >= 4 is 5.69 Å². The molecule has 1 atom stereocenters. The monoisotopic (exact) mass is 380 g/mol. The van der Waals surface area contributed by atoms with Crippen LogP contribution in [0.1, 0.15) is 29.3 Å². The number of aromatic nitrogens is 1. The van der Waals surface area contributed by atoms with Crippen LogP contribution in [0.5, 0.6) is 5.75 Å². The lowest BCUT2D eigenvalue weighted by Gasteiger charge is -2.36. The maximum absolute atomic E-state index is 5.24. The van der Waals surface area contributed by atoms with Crippen LogP contribution >= 0.6 is 0 Å². The number of pyridine rings is 1. The Labute approximate surface area is 168 Å². The minimum Gasteiger partial charge on any atom is -0.497 e. The molecule has 2 aliphatic heterocycles. The van der Waals surface area contributed by atoms with Gasteiger partial charge in [0.2, 0.25) is 0 Å². The maximum atomic E-state index is 5.24. The number of anilines is 1. The van der Waals surface area contributed by atoms with E-state index in [9.17, 15) is 0 Å². The molecule has 0 saturated carbocycles. The van der Waals surface area contributed by atoms with Gasteiger partial charge < -0.3 is 15.0 Å². The van der Waals surface area contributed by atoms with Crippen molar-refractivity contribution in [3.63, 3.8) is 0 Å². The topological polar surface area (TPSA) is 40.6 Å². The Morgan fingerprint density at radius 3 is 2.57 bits per heavy atom. The van der Waals surface area contributed by atoms with Crippen molar-refractivity contribution in [3.05, 3.63) is 53.3 Å². The van der Waals surface area contributed by atoms with Gasteiger partial charge in [0.05, 0.1) is 7.11 Å². The summed E-state index contributed by atoms with van der Waals surface area (Å²) in [6, 6.07) is 13.0. The highest BCUT2D eigenvalue weighted by atomic mass is 16.5. The molecule has 2 aromatic rings. The highest BCUT2D eigenvalue weighted by Crippen LogP contribution is 2.26. The van der Waals surface area contributed by atoms with Crippen molar-refractivity contribution in [2.45, 2.75) is 25.7 Å². The van der Waals surface area contributed by atoms with E-state index in [2.05, 4.69) is 58.4 Å². The fourth-order valence-corrected chi connectivity index (χ4v) is 4.28. The number of methoxy groups -OCH3 is 1. The minimum absolute atomic E-state index is 0.574. The Morgan fingerprint density at radius 1 is 1.11 bits per heavy atom. The van der Waals surface area contributed by atoms with Gasteiger partial charge in [-0.15, -0.1) is 0 Å². The standard InChI is InChI=1S/C23H32N4O/c1-18-15-21(16-23(25-18)20-7-9-24-17-20)27-13-11-26(12-14-27)10-8-19-3-5-22(28-2)6-4-19/h3-6,15-16,20,24H,7-14,17H2,1-2H3/t20-/m0/s1. The number of piperazine rings is 1. The molecule has 1 N–H and O–H groups in total. The van der Waals surface area contributed by atoms with E-state index >= 15 is 0 Å². The molecule has 150 valence electrons. The first kappa shape index (κ1) is 19.2. The quantitative estimate of drug-likeness (QED) is 0.835. The summed E-state index contributed by atoms with van der Waals surface area (Å²) in [4.78, 5) is 9.93. The Balaban J connectivity index is 1.31. The lowest BCUT2D eigenvalue weighted by molar-refractivity contribution is 0.261. The van der Waals surface area contributed by atoms with Crippen molar-refractivity contribution in [2.75, 3.05) is 57.8 Å². The van der Waals surface area contributed by atoms with Gasteiger partial charge in [-0.1, -0.05) is 12.1 Å². The van der Waals surface area contributed by atoms with Crippen LogP contribution in [0.25, 0.3) is 0 Å². The van der Waals surface area contributed by atoms with Gasteiger partial charge >= 0.3 is 0 Å². The predicted molar refractivity (Wildman–Crippen MR) is 115 cm³/mol. The number of hydrogen-bond acceptors (Lipinski definition) is 5. The summed E-state index contributed by atoms with van der Waals surface area (Å²) in [6.45, 7) is 9.85. The van der Waals surface area contributed by atoms with Gasteiger partial charge in [-0.05, 0) is 56.1 Å². The second-order valence-electron chi connectivity index (χ2n) is 8.01. The summed E-state index contributed by atoms with van der Waals surface area (Å²) in [7, 11) is 1.71. The maximum Gasteiger partial charge on any atom is 0.118 e. The van der Waals surface area contributed by atoms with E-state index in [0.717, 1.165) is 63.7 Å². The Hall–Kier alpha value is -2.11. The van der Waals surface area contributed by atoms with Crippen LogP contribution in [0.15, 0.2) is 36.4 Å². The number of nitrogens with zero attached hydrogens (tertiary/aromatic N) is 3. The number of hydrogen-bond donors (Lipinski definition) is 1. The fourth-order valence-electron chi connectivity index (χ4n) is 4.28. The number of nitrogens with one attached hydrogen (secondary N) is 1. The third-order valence-electron chi connectivity index (χ3n) is 6.05. The van der Waals surface area contributed by atoms with E-state index in [4.69, 9.17) is 9.72 Å². The molecule has 0 aliphatic carbocycles. The lowest BCUT2D eigenvalue weighted by Crippen LogP contribution is -2.47. The first-order chi connectivity index (χ1) is 13.7. The van der Waals surface area contributed by atoms with Crippen LogP contribution in [0.4, 0.5) is 5.69 Å². The number of benzene rings is 1. The molecule has 3 heterocycles. The fraction of sp³-hybridized carbons (Fsp3) is 0.522. The van der Waals surface area contributed by atoms with Crippen molar-refractivity contribution in [3.8, 4) is 5.75 Å². The van der Waals surface area contributed by atoms with E-state index in [0.29, 0.717) is 5.92 Å². The molecular formula is C23H32N4O.